The first-order valence-electron chi connectivity index (χ1n) is 9.13. The molecule has 7 nitrogen and oxygen atoms in total. The molecule has 1 aromatic carbocycles. The molecule has 2 heterocycles. The van der Waals surface area contributed by atoms with Gasteiger partial charge >= 0.3 is 5.97 Å². The van der Waals surface area contributed by atoms with Gasteiger partial charge in [-0.25, -0.2) is 13.2 Å². The lowest BCUT2D eigenvalue weighted by atomic mass is 10.2. The minimum Gasteiger partial charge on any atom is -0.452 e. The van der Waals surface area contributed by atoms with Crippen LogP contribution in [0.3, 0.4) is 0 Å². The van der Waals surface area contributed by atoms with Crippen LogP contribution in [0.1, 0.15) is 33.7 Å². The molecule has 2 aromatic rings. The molecule has 1 saturated heterocycles. The van der Waals surface area contributed by atoms with E-state index in [0.29, 0.717) is 18.5 Å². The summed E-state index contributed by atoms with van der Waals surface area (Å²) >= 11 is 0. The van der Waals surface area contributed by atoms with E-state index < -0.39 is 34.4 Å². The molecule has 1 aromatic heterocycles. The van der Waals surface area contributed by atoms with Crippen molar-refractivity contribution in [2.45, 2.75) is 32.9 Å². The number of hydrogen-bond donors (Lipinski definition) is 1. The van der Waals surface area contributed by atoms with Gasteiger partial charge in [0.2, 0.25) is 0 Å². The Kier molecular flexibility index (Phi) is 5.88. The van der Waals surface area contributed by atoms with Crippen LogP contribution in [-0.2, 0) is 25.9 Å². The van der Waals surface area contributed by atoms with E-state index >= 15 is 0 Å². The van der Waals surface area contributed by atoms with Gasteiger partial charge in [-0.15, -0.1) is 0 Å². The summed E-state index contributed by atoms with van der Waals surface area (Å²) in [6, 6.07) is 11.3. The Morgan fingerprint density at radius 2 is 1.93 bits per heavy atom. The smallest absolute Gasteiger partial charge is 0.340 e. The molecule has 0 bridgehead atoms. The largest absolute Gasteiger partial charge is 0.452 e. The number of rotatable bonds is 6. The van der Waals surface area contributed by atoms with Gasteiger partial charge < -0.3 is 14.6 Å². The Hall–Kier alpha value is -2.61. The average Bonchev–Trinajstić information content (AvgIpc) is 3.13. The van der Waals surface area contributed by atoms with Crippen molar-refractivity contribution in [3.05, 3.63) is 58.9 Å². The predicted octanol–water partition coefficient (Wildman–Crippen LogP) is 1.61. The third kappa shape index (κ3) is 4.81. The summed E-state index contributed by atoms with van der Waals surface area (Å²) in [6.45, 7) is 3.97. The molecular weight excluding hydrogens is 380 g/mol. The van der Waals surface area contributed by atoms with Gasteiger partial charge in [-0.2, -0.15) is 0 Å². The molecule has 150 valence electrons. The van der Waals surface area contributed by atoms with Crippen molar-refractivity contribution in [1.29, 1.82) is 0 Å². The number of aromatic nitrogens is 1. The van der Waals surface area contributed by atoms with Crippen molar-refractivity contribution in [1.82, 2.24) is 9.88 Å². The van der Waals surface area contributed by atoms with Crippen molar-refractivity contribution in [2.24, 2.45) is 0 Å². The van der Waals surface area contributed by atoms with Crippen LogP contribution in [0.2, 0.25) is 0 Å². The number of hydrogen-bond acceptors (Lipinski definition) is 5. The normalized spacial score (nSPS) is 18.0. The number of nitrogens with zero attached hydrogens (tertiary/aromatic N) is 1. The zero-order chi connectivity index (χ0) is 20.3. The van der Waals surface area contributed by atoms with E-state index in [0.717, 1.165) is 17.0 Å². The van der Waals surface area contributed by atoms with Crippen molar-refractivity contribution >= 4 is 21.7 Å². The fraction of sp³-hybridized carbons (Fsp3) is 0.400. The number of carbonyl (C=O) groups is 2. The minimum atomic E-state index is -3.07. The highest BCUT2D eigenvalue weighted by Crippen LogP contribution is 2.18. The lowest BCUT2D eigenvalue weighted by molar-refractivity contribution is -0.124. The molecular formula is C20H24N2O5S. The second kappa shape index (κ2) is 8.18. The molecule has 0 unspecified atom stereocenters. The summed E-state index contributed by atoms with van der Waals surface area (Å²) in [5, 5.41) is 2.60. The molecule has 28 heavy (non-hydrogen) atoms. The van der Waals surface area contributed by atoms with Gasteiger partial charge in [-0.3, -0.25) is 4.79 Å². The molecule has 0 radical (unpaired) electrons. The molecule has 0 aliphatic carbocycles. The van der Waals surface area contributed by atoms with Crippen molar-refractivity contribution in [2.75, 3.05) is 18.1 Å². The van der Waals surface area contributed by atoms with Crippen LogP contribution in [-0.4, -0.2) is 49.0 Å². The van der Waals surface area contributed by atoms with Gasteiger partial charge in [0.1, 0.15) is 0 Å². The molecule has 1 amide bonds. The summed E-state index contributed by atoms with van der Waals surface area (Å²) in [5.41, 5.74) is 3.24. The van der Waals surface area contributed by atoms with Gasteiger partial charge in [-0.05, 0) is 31.9 Å². The number of sulfone groups is 1. The molecule has 3 rings (SSSR count). The monoisotopic (exact) mass is 404 g/mol. The molecule has 1 aliphatic heterocycles. The van der Waals surface area contributed by atoms with Crippen molar-refractivity contribution in [3.8, 4) is 0 Å². The second-order valence-electron chi connectivity index (χ2n) is 7.10. The van der Waals surface area contributed by atoms with Crippen molar-refractivity contribution < 1.29 is 22.7 Å². The van der Waals surface area contributed by atoms with E-state index in [1.807, 2.05) is 48.7 Å². The van der Waals surface area contributed by atoms with Crippen LogP contribution in [0, 0.1) is 13.8 Å². The van der Waals surface area contributed by atoms with E-state index in [1.165, 1.54) is 0 Å². The quantitative estimate of drug-likeness (QED) is 0.738. The maximum Gasteiger partial charge on any atom is 0.340 e. The predicted molar refractivity (Wildman–Crippen MR) is 105 cm³/mol. The maximum absolute atomic E-state index is 12.4. The van der Waals surface area contributed by atoms with Crippen LogP contribution < -0.4 is 5.32 Å². The number of amides is 1. The summed E-state index contributed by atoms with van der Waals surface area (Å²) in [4.78, 5) is 24.4. The number of ether oxygens (including phenoxy) is 1. The lowest BCUT2D eigenvalue weighted by Crippen LogP contribution is -2.38. The topological polar surface area (TPSA) is 94.5 Å². The van der Waals surface area contributed by atoms with Crippen molar-refractivity contribution in [3.63, 3.8) is 0 Å². The summed E-state index contributed by atoms with van der Waals surface area (Å²) in [6.07, 6.45) is 0.392. The van der Waals surface area contributed by atoms with Gasteiger partial charge in [0.05, 0.1) is 17.1 Å². The van der Waals surface area contributed by atoms with E-state index in [1.54, 1.807) is 6.07 Å². The summed E-state index contributed by atoms with van der Waals surface area (Å²) in [7, 11) is -3.07. The highest BCUT2D eigenvalue weighted by Gasteiger charge is 2.29. The first-order chi connectivity index (χ1) is 13.2. The molecule has 8 heteroatoms. The molecule has 1 atom stereocenters. The maximum atomic E-state index is 12.4. The van der Waals surface area contributed by atoms with E-state index in [9.17, 15) is 18.0 Å². The Bertz CT molecular complexity index is 980. The third-order valence-electron chi connectivity index (χ3n) is 4.91. The average molecular weight is 404 g/mol. The molecule has 1 N–H and O–H groups in total. The number of carbonyl (C=O) groups excluding carboxylic acids is 2. The highest BCUT2D eigenvalue weighted by atomic mass is 32.2. The van der Waals surface area contributed by atoms with Gasteiger partial charge in [0.25, 0.3) is 5.91 Å². The number of esters is 1. The van der Waals surface area contributed by atoms with E-state index in [4.69, 9.17) is 4.74 Å². The van der Waals surface area contributed by atoms with Crippen LogP contribution in [0.4, 0.5) is 0 Å². The third-order valence-corrected chi connectivity index (χ3v) is 6.68. The Labute approximate surface area is 164 Å². The SMILES string of the molecule is Cc1cc(C(=O)OCC(=O)N[C@H]2CCS(=O)(=O)C2)c(C)n1Cc1ccccc1. The molecule has 1 fully saturated rings. The highest BCUT2D eigenvalue weighted by molar-refractivity contribution is 7.91. The van der Waals surface area contributed by atoms with Crippen LogP contribution in [0.25, 0.3) is 0 Å². The summed E-state index contributed by atoms with van der Waals surface area (Å²) < 4.78 is 30.0. The Morgan fingerprint density at radius 1 is 1.21 bits per heavy atom. The van der Waals surface area contributed by atoms with Gasteiger partial charge in [0, 0.05) is 24.0 Å². The zero-order valence-electron chi connectivity index (χ0n) is 16.0. The second-order valence-corrected chi connectivity index (χ2v) is 9.33. The molecule has 0 spiro atoms. The first-order valence-corrected chi connectivity index (χ1v) is 10.9. The number of nitrogens with one attached hydrogen (secondary N) is 1. The Morgan fingerprint density at radius 3 is 2.57 bits per heavy atom. The van der Waals surface area contributed by atoms with E-state index in [-0.39, 0.29) is 11.5 Å². The van der Waals surface area contributed by atoms with Crippen LogP contribution in [0.15, 0.2) is 36.4 Å². The molecule has 0 saturated carbocycles. The van der Waals surface area contributed by atoms with Gasteiger partial charge in [-0.1, -0.05) is 30.3 Å². The summed E-state index contributed by atoms with van der Waals surface area (Å²) in [5.74, 6) is -1.05. The zero-order valence-corrected chi connectivity index (χ0v) is 16.8. The first kappa shape index (κ1) is 20.1. The number of benzene rings is 1. The fourth-order valence-electron chi connectivity index (χ4n) is 3.40. The Balaban J connectivity index is 1.59. The van der Waals surface area contributed by atoms with Crippen LogP contribution >= 0.6 is 0 Å². The minimum absolute atomic E-state index is 0.0622. The van der Waals surface area contributed by atoms with E-state index in [2.05, 4.69) is 5.32 Å². The van der Waals surface area contributed by atoms with Crippen LogP contribution in [0.5, 0.6) is 0 Å². The standard InChI is InChI=1S/C20H24N2O5S/c1-14-10-18(15(2)22(14)11-16-6-4-3-5-7-16)20(24)27-12-19(23)21-17-8-9-28(25,26)13-17/h3-7,10,17H,8-9,11-13H2,1-2H3,(H,21,23)/t17-/m0/s1. The fourth-order valence-corrected chi connectivity index (χ4v) is 5.08. The molecule has 1 aliphatic rings. The van der Waals surface area contributed by atoms with Gasteiger partial charge in [0.15, 0.2) is 16.4 Å². The lowest BCUT2D eigenvalue weighted by Gasteiger charge is -2.11. The number of aryl methyl sites for hydroxylation is 1.